The number of carboxylic acid groups (broad SMARTS) is 1. The van der Waals surface area contributed by atoms with Crippen LogP contribution in [-0.2, 0) is 14.9 Å². The number of carbonyl (C=O) groups is 1. The Morgan fingerprint density at radius 3 is 2.31 bits per heavy atom. The average molecular weight is 210 g/mol. The predicted octanol–water partition coefficient (Wildman–Crippen LogP) is 0.765. The average Bonchev–Trinajstić information content (AvgIpc) is 1.81. The van der Waals surface area contributed by atoms with E-state index < -0.39 is 27.8 Å². The highest BCUT2D eigenvalue weighted by atomic mass is 32.2. The summed E-state index contributed by atoms with van der Waals surface area (Å²) in [4.78, 5) is 10.3. The van der Waals surface area contributed by atoms with E-state index in [9.17, 15) is 13.2 Å². The first kappa shape index (κ1) is 12.4. The molecule has 0 heterocycles. The number of aliphatic carboxylic acids is 1. The van der Waals surface area contributed by atoms with E-state index in [2.05, 4.69) is 0 Å². The van der Waals surface area contributed by atoms with Crippen molar-refractivity contribution in [3.8, 4) is 0 Å². The van der Waals surface area contributed by atoms with Crippen molar-refractivity contribution in [2.45, 2.75) is 26.2 Å². The molecule has 0 rings (SSSR count). The highest BCUT2D eigenvalue weighted by Crippen LogP contribution is 2.13. The maximum Gasteiger partial charge on any atom is 0.303 e. The Balaban J connectivity index is 4.17. The summed E-state index contributed by atoms with van der Waals surface area (Å²) < 4.78 is 29.4. The third-order valence-corrected chi connectivity index (χ3v) is 2.50. The minimum atomic E-state index is -4.05. The molecule has 1 atom stereocenters. The Kier molecular flexibility index (Phi) is 4.94. The SMILES string of the molecule is CCCC(CC(=O)O)CS(=O)(=O)O. The van der Waals surface area contributed by atoms with Crippen LogP contribution in [0.1, 0.15) is 26.2 Å². The van der Waals surface area contributed by atoms with Crippen LogP contribution in [0.5, 0.6) is 0 Å². The van der Waals surface area contributed by atoms with Gasteiger partial charge in [0.2, 0.25) is 0 Å². The fourth-order valence-corrected chi connectivity index (χ4v) is 2.08. The zero-order valence-corrected chi connectivity index (χ0v) is 8.25. The fraction of sp³-hybridized carbons (Fsp3) is 0.857. The number of rotatable bonds is 6. The van der Waals surface area contributed by atoms with Crippen molar-refractivity contribution in [1.82, 2.24) is 0 Å². The molecule has 5 nitrogen and oxygen atoms in total. The van der Waals surface area contributed by atoms with Crippen molar-refractivity contribution < 1.29 is 22.9 Å². The van der Waals surface area contributed by atoms with Crippen LogP contribution >= 0.6 is 0 Å². The van der Waals surface area contributed by atoms with E-state index in [0.29, 0.717) is 12.8 Å². The highest BCUT2D eigenvalue weighted by Gasteiger charge is 2.18. The zero-order valence-electron chi connectivity index (χ0n) is 7.43. The minimum absolute atomic E-state index is 0.215. The monoisotopic (exact) mass is 210 g/mol. The molecule has 0 bridgehead atoms. The molecule has 6 heteroatoms. The van der Waals surface area contributed by atoms with Gasteiger partial charge in [0.1, 0.15) is 0 Å². The van der Waals surface area contributed by atoms with Crippen LogP contribution in [0.4, 0.5) is 0 Å². The molecule has 0 amide bonds. The molecular formula is C7H14O5S. The van der Waals surface area contributed by atoms with Crippen LogP contribution in [0, 0.1) is 5.92 Å². The lowest BCUT2D eigenvalue weighted by Crippen LogP contribution is -2.18. The normalized spacial score (nSPS) is 14.0. The van der Waals surface area contributed by atoms with E-state index in [1.807, 2.05) is 6.92 Å². The summed E-state index contributed by atoms with van der Waals surface area (Å²) in [5.74, 6) is -1.99. The van der Waals surface area contributed by atoms with Gasteiger partial charge in [-0.3, -0.25) is 9.35 Å². The van der Waals surface area contributed by atoms with Crippen molar-refractivity contribution in [2.75, 3.05) is 5.75 Å². The first-order chi connectivity index (χ1) is 5.85. The van der Waals surface area contributed by atoms with Crippen molar-refractivity contribution in [2.24, 2.45) is 5.92 Å². The molecule has 0 saturated heterocycles. The van der Waals surface area contributed by atoms with Crippen LogP contribution in [0.15, 0.2) is 0 Å². The van der Waals surface area contributed by atoms with Crippen LogP contribution < -0.4 is 0 Å². The lowest BCUT2D eigenvalue weighted by molar-refractivity contribution is -0.137. The van der Waals surface area contributed by atoms with E-state index in [-0.39, 0.29) is 6.42 Å². The maximum absolute atomic E-state index is 10.5. The van der Waals surface area contributed by atoms with Crippen molar-refractivity contribution in [1.29, 1.82) is 0 Å². The van der Waals surface area contributed by atoms with Gasteiger partial charge in [0, 0.05) is 6.42 Å². The van der Waals surface area contributed by atoms with Gasteiger partial charge in [-0.1, -0.05) is 13.3 Å². The molecule has 0 aliphatic heterocycles. The summed E-state index contributed by atoms with van der Waals surface area (Å²) in [6.45, 7) is 1.83. The second kappa shape index (κ2) is 5.18. The molecule has 0 aromatic rings. The largest absolute Gasteiger partial charge is 0.481 e. The molecule has 13 heavy (non-hydrogen) atoms. The molecular weight excluding hydrogens is 196 g/mol. The van der Waals surface area contributed by atoms with Crippen LogP contribution in [0.2, 0.25) is 0 Å². The first-order valence-electron chi connectivity index (χ1n) is 4.02. The van der Waals surface area contributed by atoms with Gasteiger partial charge < -0.3 is 5.11 Å². The number of hydrogen-bond donors (Lipinski definition) is 2. The van der Waals surface area contributed by atoms with Gasteiger partial charge in [0.05, 0.1) is 5.75 Å². The zero-order chi connectivity index (χ0) is 10.5. The second-order valence-corrected chi connectivity index (χ2v) is 4.50. The van der Waals surface area contributed by atoms with Crippen molar-refractivity contribution >= 4 is 16.1 Å². The van der Waals surface area contributed by atoms with Gasteiger partial charge in [-0.2, -0.15) is 8.42 Å². The Bertz CT molecular complexity index is 256. The highest BCUT2D eigenvalue weighted by molar-refractivity contribution is 7.85. The van der Waals surface area contributed by atoms with Crippen LogP contribution in [-0.4, -0.2) is 29.8 Å². The van der Waals surface area contributed by atoms with Gasteiger partial charge in [-0.15, -0.1) is 0 Å². The predicted molar refractivity (Wildman–Crippen MR) is 47.1 cm³/mol. The Morgan fingerprint density at radius 2 is 2.00 bits per heavy atom. The smallest absolute Gasteiger partial charge is 0.303 e. The molecule has 0 aromatic heterocycles. The third-order valence-electron chi connectivity index (χ3n) is 1.61. The molecule has 0 radical (unpaired) electrons. The molecule has 0 aromatic carbocycles. The number of hydrogen-bond acceptors (Lipinski definition) is 3. The Morgan fingerprint density at radius 1 is 1.46 bits per heavy atom. The summed E-state index contributed by atoms with van der Waals surface area (Å²) >= 11 is 0. The summed E-state index contributed by atoms with van der Waals surface area (Å²) in [5, 5.41) is 8.43. The quantitative estimate of drug-likeness (QED) is 0.631. The molecule has 2 N–H and O–H groups in total. The van der Waals surface area contributed by atoms with E-state index >= 15 is 0 Å². The lowest BCUT2D eigenvalue weighted by Gasteiger charge is -2.10. The molecule has 0 fully saturated rings. The Hall–Kier alpha value is -0.620. The summed E-state index contributed by atoms with van der Waals surface area (Å²) in [5.41, 5.74) is 0. The molecule has 1 unspecified atom stereocenters. The van der Waals surface area contributed by atoms with Gasteiger partial charge >= 0.3 is 5.97 Å². The first-order valence-corrected chi connectivity index (χ1v) is 5.63. The second-order valence-electron chi connectivity index (χ2n) is 3.00. The molecule has 78 valence electrons. The minimum Gasteiger partial charge on any atom is -0.481 e. The fourth-order valence-electron chi connectivity index (χ4n) is 1.20. The summed E-state index contributed by atoms with van der Waals surface area (Å²) in [6.07, 6.45) is 0.979. The molecule has 0 aliphatic rings. The van der Waals surface area contributed by atoms with Gasteiger partial charge in [-0.05, 0) is 12.3 Å². The van der Waals surface area contributed by atoms with E-state index in [1.165, 1.54) is 0 Å². The lowest BCUT2D eigenvalue weighted by atomic mass is 10.0. The van der Waals surface area contributed by atoms with Crippen molar-refractivity contribution in [3.05, 3.63) is 0 Å². The van der Waals surface area contributed by atoms with E-state index in [0.717, 1.165) is 0 Å². The van der Waals surface area contributed by atoms with Crippen LogP contribution in [0.25, 0.3) is 0 Å². The standard InChI is InChI=1S/C7H14O5S/c1-2-3-6(4-7(8)9)5-13(10,11)12/h6H,2-5H2,1H3,(H,8,9)(H,10,11,12). The van der Waals surface area contributed by atoms with Gasteiger partial charge in [-0.25, -0.2) is 0 Å². The summed E-state index contributed by atoms with van der Waals surface area (Å²) in [6, 6.07) is 0. The maximum atomic E-state index is 10.5. The molecule has 0 saturated carbocycles. The topological polar surface area (TPSA) is 91.7 Å². The number of carboxylic acids is 1. The molecule has 0 spiro atoms. The van der Waals surface area contributed by atoms with Crippen molar-refractivity contribution in [3.63, 3.8) is 0 Å². The van der Waals surface area contributed by atoms with Gasteiger partial charge in [0.25, 0.3) is 10.1 Å². The van der Waals surface area contributed by atoms with E-state index in [1.54, 1.807) is 0 Å². The molecule has 0 aliphatic carbocycles. The summed E-state index contributed by atoms with van der Waals surface area (Å²) in [7, 11) is -4.05. The third kappa shape index (κ3) is 7.73. The van der Waals surface area contributed by atoms with Gasteiger partial charge in [0.15, 0.2) is 0 Å². The Labute approximate surface area is 77.5 Å². The van der Waals surface area contributed by atoms with Crippen LogP contribution in [0.3, 0.4) is 0 Å². The van der Waals surface area contributed by atoms with E-state index in [4.69, 9.17) is 9.66 Å².